The van der Waals surface area contributed by atoms with Crippen molar-refractivity contribution in [2.45, 2.75) is 20.0 Å². The van der Waals surface area contributed by atoms with Crippen molar-refractivity contribution in [2.75, 3.05) is 40.5 Å². The number of hydrogen-bond acceptors (Lipinski definition) is 5. The molecule has 0 bridgehead atoms. The van der Waals surface area contributed by atoms with E-state index in [4.69, 9.17) is 14.2 Å². The van der Waals surface area contributed by atoms with Gasteiger partial charge in [-0.25, -0.2) is 0 Å². The summed E-state index contributed by atoms with van der Waals surface area (Å²) in [6, 6.07) is 11.1. The topological polar surface area (TPSA) is 77.2 Å². The molecule has 1 N–H and O–H groups in total. The molecule has 0 atom stereocenters. The normalized spacial score (nSPS) is 14.4. The van der Waals surface area contributed by atoms with E-state index in [0.717, 1.165) is 41.0 Å². The first-order chi connectivity index (χ1) is 16.1. The fourth-order valence-electron chi connectivity index (χ4n) is 4.29. The van der Waals surface area contributed by atoms with Crippen molar-refractivity contribution in [1.29, 1.82) is 0 Å². The number of ketones is 1. The predicted octanol–water partition coefficient (Wildman–Crippen LogP) is 2.03. The zero-order chi connectivity index (χ0) is 23.4. The number of nitrogens with zero attached hydrogens (tertiary/aromatic N) is 1. The van der Waals surface area contributed by atoms with Crippen molar-refractivity contribution in [1.82, 2.24) is 4.57 Å². The number of hydrogen-bond donors (Lipinski definition) is 1. The number of rotatable bonds is 10. The number of carbonyl (C=O) groups excluding carboxylic acids is 1. The van der Waals surface area contributed by atoms with Crippen molar-refractivity contribution in [3.05, 3.63) is 65.0 Å². The van der Waals surface area contributed by atoms with Gasteiger partial charge in [0, 0.05) is 49.0 Å². The summed E-state index contributed by atoms with van der Waals surface area (Å²) in [4.78, 5) is 14.3. The molecule has 1 aliphatic rings. The maximum absolute atomic E-state index is 13.2. The van der Waals surface area contributed by atoms with Crippen LogP contribution in [0.1, 0.15) is 28.4 Å². The van der Waals surface area contributed by atoms with Crippen molar-refractivity contribution in [2.24, 2.45) is 0 Å². The fourth-order valence-corrected chi connectivity index (χ4v) is 4.29. The molecule has 7 nitrogen and oxygen atoms in total. The summed E-state index contributed by atoms with van der Waals surface area (Å²) >= 11 is 0. The Morgan fingerprint density at radius 2 is 1.82 bits per heavy atom. The van der Waals surface area contributed by atoms with Crippen LogP contribution in [0.4, 0.5) is 0 Å². The van der Waals surface area contributed by atoms with Crippen LogP contribution in [0.3, 0.4) is 0 Å². The van der Waals surface area contributed by atoms with Crippen LogP contribution in [0, 0.1) is 0 Å². The Hall–Kier alpha value is -3.13. The summed E-state index contributed by atoms with van der Waals surface area (Å²) in [5.74, 6) is 0.295. The van der Waals surface area contributed by atoms with Crippen molar-refractivity contribution >= 4 is 22.8 Å². The van der Waals surface area contributed by atoms with Crippen LogP contribution in [0.2, 0.25) is 0 Å². The highest BCUT2D eigenvalue weighted by atomic mass is 16.5. The molecule has 0 amide bonds. The number of carbonyl (C=O) groups is 1. The molecule has 1 aliphatic heterocycles. The van der Waals surface area contributed by atoms with Crippen LogP contribution in [0.25, 0.3) is 17.0 Å². The number of ether oxygens (including phenoxy) is 3. The maximum Gasteiger partial charge on any atom is 0.231 e. The number of quaternary nitrogens is 1. The Kier molecular flexibility index (Phi) is 7.13. The molecule has 0 unspecified atom stereocenters. The van der Waals surface area contributed by atoms with Gasteiger partial charge in [0.25, 0.3) is 0 Å². The zero-order valence-electron chi connectivity index (χ0n) is 19.3. The average molecular weight is 451 g/mol. The third kappa shape index (κ3) is 4.66. The van der Waals surface area contributed by atoms with Crippen LogP contribution in [-0.2, 0) is 22.6 Å². The smallest absolute Gasteiger partial charge is 0.231 e. The molecule has 0 spiro atoms. The Balaban J connectivity index is 1.67. The fraction of sp³-hybridized carbons (Fsp3) is 0.346. The van der Waals surface area contributed by atoms with E-state index in [1.807, 2.05) is 24.4 Å². The molecule has 0 aliphatic carbocycles. The highest BCUT2D eigenvalue weighted by Crippen LogP contribution is 2.38. The lowest BCUT2D eigenvalue weighted by Crippen LogP contribution is -3.11. The van der Waals surface area contributed by atoms with E-state index in [1.165, 1.54) is 6.07 Å². The molecule has 0 saturated carbocycles. The number of aromatic nitrogens is 1. The van der Waals surface area contributed by atoms with Crippen LogP contribution >= 0.6 is 0 Å². The third-order valence-corrected chi connectivity index (χ3v) is 6.09. The molecule has 2 heterocycles. The molecular formula is C26H30N2O5. The quantitative estimate of drug-likeness (QED) is 0.479. The summed E-state index contributed by atoms with van der Waals surface area (Å²) in [6.45, 7) is 5.91. The third-order valence-electron chi connectivity index (χ3n) is 6.09. The van der Waals surface area contributed by atoms with Crippen molar-refractivity contribution < 1.29 is 29.0 Å². The van der Waals surface area contributed by atoms with E-state index in [1.54, 1.807) is 26.4 Å². The molecular weight excluding hydrogens is 420 g/mol. The number of nitrogens with one attached hydrogen (secondary N) is 1. The number of aryl methyl sites for hydroxylation is 1. The van der Waals surface area contributed by atoms with Gasteiger partial charge in [0.1, 0.15) is 25.4 Å². The highest BCUT2D eigenvalue weighted by molar-refractivity contribution is 6.15. The number of fused-ring (bicyclic) bond motifs is 2. The number of benzene rings is 2. The van der Waals surface area contributed by atoms with Crippen LogP contribution in [0.5, 0.6) is 11.5 Å². The Bertz CT molecular complexity index is 1170. The summed E-state index contributed by atoms with van der Waals surface area (Å²) in [6.07, 6.45) is 3.81. The van der Waals surface area contributed by atoms with Gasteiger partial charge in [-0.3, -0.25) is 4.79 Å². The van der Waals surface area contributed by atoms with E-state index in [0.29, 0.717) is 36.6 Å². The van der Waals surface area contributed by atoms with Gasteiger partial charge in [-0.2, -0.15) is 0 Å². The Morgan fingerprint density at radius 1 is 1.09 bits per heavy atom. The standard InChI is InChI=1S/C26H30N2O5/c1-4-28-16-18(19-7-5-6-8-22(19)28)15-24-25(30)20-9-10-23(29)21(26(20)33-24)17-27(11-13-31-2)12-14-32-3/h5-10,15-16,29H,4,11-14,17H2,1-3H3. The van der Waals surface area contributed by atoms with Gasteiger partial charge < -0.3 is 28.8 Å². The van der Waals surface area contributed by atoms with Crippen molar-refractivity contribution in [3.8, 4) is 11.5 Å². The summed E-state index contributed by atoms with van der Waals surface area (Å²) in [5.41, 5.74) is 2.98. The maximum atomic E-state index is 13.2. The predicted molar refractivity (Wildman–Crippen MR) is 125 cm³/mol. The Labute approximate surface area is 193 Å². The molecule has 3 aromatic rings. The van der Waals surface area contributed by atoms with Gasteiger partial charge in [-0.1, -0.05) is 30.0 Å². The molecule has 174 valence electrons. The van der Waals surface area contributed by atoms with E-state index >= 15 is 0 Å². The molecule has 7 heteroatoms. The lowest BCUT2D eigenvalue weighted by molar-refractivity contribution is -0.914. The second kappa shape index (κ2) is 10.2. The second-order valence-corrected chi connectivity index (χ2v) is 8.16. The first-order valence-corrected chi connectivity index (χ1v) is 11.2. The van der Waals surface area contributed by atoms with Crippen LogP contribution in [-0.4, -0.2) is 50.9 Å². The molecule has 33 heavy (non-hydrogen) atoms. The van der Waals surface area contributed by atoms with Gasteiger partial charge >= 0.3 is 0 Å². The number of allylic oxidation sites excluding steroid dienone is 1. The van der Waals surface area contributed by atoms with Crippen molar-refractivity contribution in [3.63, 3.8) is 0 Å². The van der Waals surface area contributed by atoms with Gasteiger partial charge in [-0.05, 0) is 25.1 Å². The molecule has 0 fully saturated rings. The number of methoxy groups -OCH3 is 2. The summed E-state index contributed by atoms with van der Waals surface area (Å²) < 4.78 is 18.7. The van der Waals surface area contributed by atoms with E-state index in [2.05, 4.69) is 17.6 Å². The van der Waals surface area contributed by atoms with Crippen LogP contribution in [0.15, 0.2) is 48.4 Å². The summed E-state index contributed by atoms with van der Waals surface area (Å²) in [5, 5.41) is 13.8. The van der Waals surface area contributed by atoms with Gasteiger partial charge in [0.2, 0.25) is 5.78 Å². The van der Waals surface area contributed by atoms with Gasteiger partial charge in [0.05, 0.1) is 18.8 Å². The van der Waals surface area contributed by atoms with E-state index in [-0.39, 0.29) is 17.3 Å². The van der Waals surface area contributed by atoms with E-state index < -0.39 is 0 Å². The first-order valence-electron chi connectivity index (χ1n) is 11.2. The molecule has 0 radical (unpaired) electrons. The average Bonchev–Trinajstić information content (AvgIpc) is 3.35. The largest absolute Gasteiger partial charge is 0.872 e. The molecule has 1 aromatic heterocycles. The minimum absolute atomic E-state index is 0.127. The van der Waals surface area contributed by atoms with Gasteiger partial charge in [-0.15, -0.1) is 0 Å². The number of Topliss-reactive ketones (excluding diaryl/α,β-unsaturated/α-hetero) is 1. The minimum atomic E-state index is -0.199. The zero-order valence-corrected chi connectivity index (χ0v) is 19.3. The molecule has 2 aromatic carbocycles. The van der Waals surface area contributed by atoms with Crippen LogP contribution < -0.4 is 14.7 Å². The second-order valence-electron chi connectivity index (χ2n) is 8.16. The SMILES string of the molecule is CCn1cc(C=C2Oc3c(ccc([O-])c3C[NH+](CCOC)CCOC)C2=O)c2ccccc21. The lowest BCUT2D eigenvalue weighted by Gasteiger charge is -2.23. The summed E-state index contributed by atoms with van der Waals surface area (Å²) in [7, 11) is 3.31. The number of para-hydroxylation sites is 1. The minimum Gasteiger partial charge on any atom is -0.872 e. The molecule has 0 saturated heterocycles. The highest BCUT2D eigenvalue weighted by Gasteiger charge is 2.31. The van der Waals surface area contributed by atoms with E-state index in [9.17, 15) is 9.90 Å². The van der Waals surface area contributed by atoms with Gasteiger partial charge in [0.15, 0.2) is 5.76 Å². The lowest BCUT2D eigenvalue weighted by atomic mass is 10.0. The molecule has 4 rings (SSSR count). The Morgan fingerprint density at radius 3 is 2.52 bits per heavy atom. The first kappa shape index (κ1) is 23.0. The monoisotopic (exact) mass is 450 g/mol.